The van der Waals surface area contributed by atoms with E-state index in [1.807, 2.05) is 11.3 Å². The minimum absolute atomic E-state index is 0.979. The third-order valence-corrected chi connectivity index (χ3v) is 4.66. The van der Waals surface area contributed by atoms with Crippen LogP contribution in [0.1, 0.15) is 20.9 Å². The molecule has 1 aromatic heterocycles. The first kappa shape index (κ1) is 15.0. The predicted molar refractivity (Wildman–Crippen MR) is 94.9 cm³/mol. The molecule has 0 bridgehead atoms. The maximum Gasteiger partial charge on any atom is 0.0335 e. The Morgan fingerprint density at radius 1 is 0.682 bits per heavy atom. The van der Waals surface area contributed by atoms with Gasteiger partial charge in [0.15, 0.2) is 0 Å². The maximum atomic E-state index is 2.51. The van der Waals surface area contributed by atoms with Crippen molar-refractivity contribution >= 4 is 11.3 Å². The Bertz CT molecular complexity index is 646. The van der Waals surface area contributed by atoms with E-state index in [0.717, 1.165) is 19.6 Å². The fraction of sp³-hybridized carbons (Fsp3) is 0.200. The van der Waals surface area contributed by atoms with Crippen LogP contribution >= 0.6 is 11.3 Å². The minimum atomic E-state index is 0.979. The van der Waals surface area contributed by atoms with E-state index >= 15 is 0 Å². The molecule has 0 aliphatic rings. The first-order valence-corrected chi connectivity index (χ1v) is 8.47. The second kappa shape index (κ2) is 7.39. The van der Waals surface area contributed by atoms with Crippen molar-refractivity contribution in [1.29, 1.82) is 0 Å². The molecule has 2 aromatic carbocycles. The smallest absolute Gasteiger partial charge is 0.0335 e. The Morgan fingerprint density at radius 2 is 1.23 bits per heavy atom. The molecule has 0 radical (unpaired) electrons. The summed E-state index contributed by atoms with van der Waals surface area (Å²) < 4.78 is 0. The van der Waals surface area contributed by atoms with Crippen LogP contribution in [0.3, 0.4) is 0 Å². The van der Waals surface area contributed by atoms with E-state index in [9.17, 15) is 0 Å². The van der Waals surface area contributed by atoms with Crippen molar-refractivity contribution in [2.75, 3.05) is 0 Å². The fourth-order valence-electron chi connectivity index (χ4n) is 2.64. The summed E-state index contributed by atoms with van der Waals surface area (Å²) in [5.41, 5.74) is 2.73. The summed E-state index contributed by atoms with van der Waals surface area (Å²) in [5, 5.41) is 0. The lowest BCUT2D eigenvalue weighted by atomic mass is 10.1. The molecule has 0 spiro atoms. The molecule has 0 aliphatic heterocycles. The van der Waals surface area contributed by atoms with Gasteiger partial charge in [-0.3, -0.25) is 4.90 Å². The van der Waals surface area contributed by atoms with Gasteiger partial charge in [-0.25, -0.2) is 0 Å². The van der Waals surface area contributed by atoms with Gasteiger partial charge in [-0.1, -0.05) is 60.7 Å². The highest BCUT2D eigenvalue weighted by atomic mass is 32.1. The second-order valence-electron chi connectivity index (χ2n) is 5.63. The van der Waals surface area contributed by atoms with Crippen LogP contribution in [0, 0.1) is 6.92 Å². The van der Waals surface area contributed by atoms with Gasteiger partial charge < -0.3 is 0 Å². The van der Waals surface area contributed by atoms with Crippen LogP contribution in [0.25, 0.3) is 0 Å². The van der Waals surface area contributed by atoms with Gasteiger partial charge in [-0.05, 0) is 30.2 Å². The van der Waals surface area contributed by atoms with E-state index in [1.165, 1.54) is 20.9 Å². The van der Waals surface area contributed by atoms with E-state index in [1.54, 1.807) is 0 Å². The fourth-order valence-corrected chi connectivity index (χ4v) is 3.57. The van der Waals surface area contributed by atoms with Gasteiger partial charge in [-0.2, -0.15) is 0 Å². The summed E-state index contributed by atoms with van der Waals surface area (Å²) in [6.07, 6.45) is 0. The molecule has 3 aromatic rings. The summed E-state index contributed by atoms with van der Waals surface area (Å²) in [7, 11) is 0. The highest BCUT2D eigenvalue weighted by molar-refractivity contribution is 7.11. The standard InChI is InChI=1S/C20H21NS/c1-17-12-13-20(22-17)16-21(14-18-8-4-2-5-9-18)15-19-10-6-3-7-11-19/h2-13H,14-16H2,1H3. The molecule has 112 valence electrons. The minimum Gasteiger partial charge on any atom is -0.290 e. The molecule has 1 heterocycles. The maximum absolute atomic E-state index is 2.51. The van der Waals surface area contributed by atoms with Crippen LogP contribution in [0.2, 0.25) is 0 Å². The summed E-state index contributed by atoms with van der Waals surface area (Å²) in [5.74, 6) is 0. The van der Waals surface area contributed by atoms with Crippen LogP contribution in [0.5, 0.6) is 0 Å². The van der Waals surface area contributed by atoms with Crippen LogP contribution in [-0.4, -0.2) is 4.90 Å². The lowest BCUT2D eigenvalue weighted by Crippen LogP contribution is -2.21. The Morgan fingerprint density at radius 3 is 1.68 bits per heavy atom. The third kappa shape index (κ3) is 4.30. The average Bonchev–Trinajstić information content (AvgIpc) is 2.94. The molecular formula is C20H21NS. The molecule has 3 rings (SSSR count). The topological polar surface area (TPSA) is 3.24 Å². The van der Waals surface area contributed by atoms with E-state index < -0.39 is 0 Å². The number of hydrogen-bond acceptors (Lipinski definition) is 2. The Hall–Kier alpha value is -1.90. The van der Waals surface area contributed by atoms with Crippen LogP contribution in [0.15, 0.2) is 72.8 Å². The van der Waals surface area contributed by atoms with Gasteiger partial charge in [0.25, 0.3) is 0 Å². The second-order valence-corrected chi connectivity index (χ2v) is 7.00. The van der Waals surface area contributed by atoms with Crippen molar-refractivity contribution < 1.29 is 0 Å². The van der Waals surface area contributed by atoms with Crippen molar-refractivity contribution in [1.82, 2.24) is 4.90 Å². The Labute approximate surface area is 136 Å². The van der Waals surface area contributed by atoms with Gasteiger partial charge >= 0.3 is 0 Å². The van der Waals surface area contributed by atoms with Gasteiger partial charge in [-0.15, -0.1) is 11.3 Å². The molecule has 0 saturated heterocycles. The zero-order chi connectivity index (χ0) is 15.2. The lowest BCUT2D eigenvalue weighted by molar-refractivity contribution is 0.250. The highest BCUT2D eigenvalue weighted by Crippen LogP contribution is 2.20. The van der Waals surface area contributed by atoms with E-state index in [4.69, 9.17) is 0 Å². The molecule has 0 fully saturated rings. The molecule has 0 saturated carbocycles. The molecule has 0 N–H and O–H groups in total. The number of hydrogen-bond donors (Lipinski definition) is 0. The summed E-state index contributed by atoms with van der Waals surface area (Å²) in [6, 6.07) is 25.9. The van der Waals surface area contributed by atoms with Crippen molar-refractivity contribution in [2.24, 2.45) is 0 Å². The molecule has 22 heavy (non-hydrogen) atoms. The summed E-state index contributed by atoms with van der Waals surface area (Å²) in [6.45, 7) is 5.13. The number of rotatable bonds is 6. The normalized spacial score (nSPS) is 11.0. The first-order chi connectivity index (χ1) is 10.8. The largest absolute Gasteiger partial charge is 0.290 e. The monoisotopic (exact) mass is 307 g/mol. The lowest BCUT2D eigenvalue weighted by Gasteiger charge is -2.22. The number of benzene rings is 2. The van der Waals surface area contributed by atoms with Gasteiger partial charge in [0.1, 0.15) is 0 Å². The summed E-state index contributed by atoms with van der Waals surface area (Å²) in [4.78, 5) is 5.33. The predicted octanol–water partition coefficient (Wildman–Crippen LogP) is 5.26. The molecule has 0 atom stereocenters. The quantitative estimate of drug-likeness (QED) is 0.600. The zero-order valence-corrected chi connectivity index (χ0v) is 13.7. The summed E-state index contributed by atoms with van der Waals surface area (Å²) >= 11 is 1.90. The van der Waals surface area contributed by atoms with Gasteiger partial charge in [0, 0.05) is 29.4 Å². The zero-order valence-electron chi connectivity index (χ0n) is 12.9. The van der Waals surface area contributed by atoms with Gasteiger partial charge in [0.2, 0.25) is 0 Å². The third-order valence-electron chi connectivity index (χ3n) is 3.67. The van der Waals surface area contributed by atoms with Gasteiger partial charge in [0.05, 0.1) is 0 Å². The Balaban J connectivity index is 1.75. The van der Waals surface area contributed by atoms with E-state index in [-0.39, 0.29) is 0 Å². The van der Waals surface area contributed by atoms with Crippen molar-refractivity contribution in [3.63, 3.8) is 0 Å². The van der Waals surface area contributed by atoms with Crippen molar-refractivity contribution in [3.05, 3.63) is 93.7 Å². The molecule has 2 heteroatoms. The number of thiophene rings is 1. The molecular weight excluding hydrogens is 286 g/mol. The van der Waals surface area contributed by atoms with Crippen LogP contribution in [0.4, 0.5) is 0 Å². The Kier molecular flexibility index (Phi) is 5.04. The molecule has 1 nitrogen and oxygen atoms in total. The first-order valence-electron chi connectivity index (χ1n) is 7.65. The van der Waals surface area contributed by atoms with Crippen LogP contribution < -0.4 is 0 Å². The van der Waals surface area contributed by atoms with E-state index in [0.29, 0.717) is 0 Å². The molecule has 0 aliphatic carbocycles. The molecule has 0 unspecified atom stereocenters. The number of aryl methyl sites for hydroxylation is 1. The van der Waals surface area contributed by atoms with Crippen molar-refractivity contribution in [3.8, 4) is 0 Å². The molecule has 0 amide bonds. The highest BCUT2D eigenvalue weighted by Gasteiger charge is 2.09. The number of nitrogens with zero attached hydrogens (tertiary/aromatic N) is 1. The van der Waals surface area contributed by atoms with Crippen LogP contribution in [-0.2, 0) is 19.6 Å². The van der Waals surface area contributed by atoms with E-state index in [2.05, 4.69) is 84.6 Å². The average molecular weight is 307 g/mol. The SMILES string of the molecule is Cc1ccc(CN(Cc2ccccc2)Cc2ccccc2)s1. The van der Waals surface area contributed by atoms with Crippen molar-refractivity contribution in [2.45, 2.75) is 26.6 Å².